The number of primary amides is 1. The van der Waals surface area contributed by atoms with Crippen LogP contribution in [0.2, 0.25) is 0 Å². The first-order chi connectivity index (χ1) is 4.72. The molecule has 10 heavy (non-hydrogen) atoms. The molecule has 1 aliphatic heterocycles. The highest BCUT2D eigenvalue weighted by Gasteiger charge is 2.20. The highest BCUT2D eigenvalue weighted by atomic mass is 16.2. The third kappa shape index (κ3) is 1.18. The van der Waals surface area contributed by atoms with E-state index in [4.69, 9.17) is 5.73 Å². The maximum absolute atomic E-state index is 10.7. The first-order valence-electron chi connectivity index (χ1n) is 3.06. The van der Waals surface area contributed by atoms with Crippen LogP contribution in [0.4, 0.5) is 9.59 Å². The van der Waals surface area contributed by atoms with Crippen molar-refractivity contribution in [3.8, 4) is 0 Å². The molecule has 5 nitrogen and oxygen atoms in total. The highest BCUT2D eigenvalue weighted by Crippen LogP contribution is 1.96. The number of hydrogen-bond donors (Lipinski definition) is 2. The fraction of sp³-hybridized carbons (Fsp3) is 0.600. The first kappa shape index (κ1) is 6.85. The fourth-order valence-corrected chi connectivity index (χ4v) is 0.840. The van der Waals surface area contributed by atoms with E-state index in [2.05, 4.69) is 5.32 Å². The lowest BCUT2D eigenvalue weighted by Crippen LogP contribution is -2.51. The van der Waals surface area contributed by atoms with Gasteiger partial charge in [0.2, 0.25) is 0 Å². The van der Waals surface area contributed by atoms with Crippen molar-refractivity contribution in [3.05, 3.63) is 0 Å². The Morgan fingerprint density at radius 1 is 1.70 bits per heavy atom. The maximum atomic E-state index is 10.7. The Hall–Kier alpha value is -1.26. The number of imide groups is 1. The predicted octanol–water partition coefficient (Wildman–Crippen LogP) is -0.520. The number of urea groups is 2. The number of hydrogen-bond acceptors (Lipinski definition) is 2. The molecule has 1 fully saturated rings. The van der Waals surface area contributed by atoms with Crippen LogP contribution in [0.3, 0.4) is 0 Å². The van der Waals surface area contributed by atoms with Crippen LogP contribution in [0.1, 0.15) is 6.42 Å². The van der Waals surface area contributed by atoms with E-state index in [1.54, 1.807) is 0 Å². The average Bonchev–Trinajstić information content (AvgIpc) is 1.88. The van der Waals surface area contributed by atoms with Gasteiger partial charge in [0.1, 0.15) is 0 Å². The van der Waals surface area contributed by atoms with Gasteiger partial charge in [0.25, 0.3) is 0 Å². The van der Waals surface area contributed by atoms with Crippen molar-refractivity contribution < 1.29 is 9.59 Å². The van der Waals surface area contributed by atoms with E-state index in [1.807, 2.05) is 0 Å². The molecule has 3 N–H and O–H groups in total. The van der Waals surface area contributed by atoms with E-state index >= 15 is 0 Å². The summed E-state index contributed by atoms with van der Waals surface area (Å²) in [5.74, 6) is 0. The molecule has 1 rings (SSSR count). The molecule has 0 aromatic carbocycles. The summed E-state index contributed by atoms with van der Waals surface area (Å²) in [7, 11) is 0. The van der Waals surface area contributed by atoms with E-state index in [1.165, 1.54) is 0 Å². The maximum Gasteiger partial charge on any atom is 0.325 e. The molecule has 56 valence electrons. The molecule has 1 heterocycles. The summed E-state index contributed by atoms with van der Waals surface area (Å²) in [5.41, 5.74) is 4.88. The molecule has 0 atom stereocenters. The van der Waals surface area contributed by atoms with Crippen LogP contribution in [0.15, 0.2) is 0 Å². The number of rotatable bonds is 0. The van der Waals surface area contributed by atoms with Crippen LogP contribution in [0.5, 0.6) is 0 Å². The van der Waals surface area contributed by atoms with Gasteiger partial charge in [-0.2, -0.15) is 0 Å². The molecular formula is C5H9N3O2. The Kier molecular flexibility index (Phi) is 1.75. The van der Waals surface area contributed by atoms with Gasteiger partial charge < -0.3 is 11.1 Å². The molecule has 0 spiro atoms. The van der Waals surface area contributed by atoms with Gasteiger partial charge in [0.15, 0.2) is 0 Å². The lowest BCUT2D eigenvalue weighted by Gasteiger charge is -2.23. The summed E-state index contributed by atoms with van der Waals surface area (Å²) in [6.45, 7) is 1.06. The molecular weight excluding hydrogens is 134 g/mol. The molecule has 0 radical (unpaired) electrons. The van der Waals surface area contributed by atoms with Crippen LogP contribution in [-0.4, -0.2) is 30.1 Å². The SMILES string of the molecule is NC(=O)N1CCCNC1=O. The van der Waals surface area contributed by atoms with Crippen LogP contribution in [-0.2, 0) is 0 Å². The molecule has 0 saturated carbocycles. The van der Waals surface area contributed by atoms with E-state index in [9.17, 15) is 9.59 Å². The summed E-state index contributed by atoms with van der Waals surface area (Å²) in [4.78, 5) is 22.2. The zero-order chi connectivity index (χ0) is 7.56. The van der Waals surface area contributed by atoms with Gasteiger partial charge in [0, 0.05) is 13.1 Å². The number of carbonyl (C=O) groups is 2. The van der Waals surface area contributed by atoms with Crippen LogP contribution in [0.25, 0.3) is 0 Å². The zero-order valence-electron chi connectivity index (χ0n) is 5.46. The van der Waals surface area contributed by atoms with E-state index in [0.29, 0.717) is 13.1 Å². The molecule has 0 aliphatic carbocycles. The van der Waals surface area contributed by atoms with Gasteiger partial charge in [-0.25, -0.2) is 14.5 Å². The Morgan fingerprint density at radius 3 is 2.80 bits per heavy atom. The van der Waals surface area contributed by atoms with Crippen molar-refractivity contribution in [3.63, 3.8) is 0 Å². The molecule has 1 saturated heterocycles. The summed E-state index contributed by atoms with van der Waals surface area (Å²) in [6, 6.07) is -1.07. The lowest BCUT2D eigenvalue weighted by molar-refractivity contribution is 0.183. The Labute approximate surface area is 58.2 Å². The molecule has 4 amide bonds. The number of nitrogens with one attached hydrogen (secondary N) is 1. The second kappa shape index (κ2) is 2.55. The average molecular weight is 143 g/mol. The zero-order valence-corrected chi connectivity index (χ0v) is 5.46. The van der Waals surface area contributed by atoms with Gasteiger partial charge in [-0.05, 0) is 6.42 Å². The summed E-state index contributed by atoms with van der Waals surface area (Å²) >= 11 is 0. The van der Waals surface area contributed by atoms with Gasteiger partial charge in [-0.1, -0.05) is 0 Å². The van der Waals surface area contributed by atoms with Crippen molar-refractivity contribution >= 4 is 12.1 Å². The minimum absolute atomic E-state index is 0.390. The number of amides is 4. The van der Waals surface area contributed by atoms with Gasteiger partial charge in [0.05, 0.1) is 0 Å². The predicted molar refractivity (Wildman–Crippen MR) is 34.3 cm³/mol. The van der Waals surface area contributed by atoms with Crippen LogP contribution < -0.4 is 11.1 Å². The van der Waals surface area contributed by atoms with E-state index < -0.39 is 12.1 Å². The minimum Gasteiger partial charge on any atom is -0.351 e. The topological polar surface area (TPSA) is 75.4 Å². The number of nitrogens with two attached hydrogens (primary N) is 1. The highest BCUT2D eigenvalue weighted by molar-refractivity contribution is 5.93. The molecule has 0 bridgehead atoms. The third-order valence-corrected chi connectivity index (χ3v) is 1.35. The standard InChI is InChI=1S/C5H9N3O2/c6-4(9)8-3-1-2-7-5(8)10/h1-3H2,(H2,6,9)(H,7,10). The molecule has 0 aromatic heterocycles. The van der Waals surface area contributed by atoms with Crippen molar-refractivity contribution in [2.75, 3.05) is 13.1 Å². The van der Waals surface area contributed by atoms with E-state index in [-0.39, 0.29) is 0 Å². The summed E-state index contributed by atoms with van der Waals surface area (Å²) in [6.07, 6.45) is 0.772. The van der Waals surface area contributed by atoms with Crippen molar-refractivity contribution in [1.29, 1.82) is 0 Å². The quantitative estimate of drug-likeness (QED) is 0.478. The van der Waals surface area contributed by atoms with Gasteiger partial charge in [-0.15, -0.1) is 0 Å². The molecule has 1 aliphatic rings. The Morgan fingerprint density at radius 2 is 2.40 bits per heavy atom. The fourth-order valence-electron chi connectivity index (χ4n) is 0.840. The normalized spacial score (nSPS) is 18.4. The smallest absolute Gasteiger partial charge is 0.325 e. The third-order valence-electron chi connectivity index (χ3n) is 1.35. The minimum atomic E-state index is -0.683. The number of carbonyl (C=O) groups excluding carboxylic acids is 2. The van der Waals surface area contributed by atoms with Crippen molar-refractivity contribution in [2.45, 2.75) is 6.42 Å². The van der Waals surface area contributed by atoms with Crippen LogP contribution in [0, 0.1) is 0 Å². The molecule has 0 unspecified atom stereocenters. The lowest BCUT2D eigenvalue weighted by atomic mass is 10.3. The van der Waals surface area contributed by atoms with Crippen molar-refractivity contribution in [1.82, 2.24) is 10.2 Å². The number of nitrogens with zero attached hydrogens (tertiary/aromatic N) is 1. The summed E-state index contributed by atoms with van der Waals surface area (Å²) < 4.78 is 0. The molecule has 5 heteroatoms. The Bertz CT molecular complexity index is 168. The Balaban J connectivity index is 2.56. The summed E-state index contributed by atoms with van der Waals surface area (Å²) in [5, 5.41) is 2.50. The van der Waals surface area contributed by atoms with Gasteiger partial charge >= 0.3 is 12.1 Å². The second-order valence-corrected chi connectivity index (χ2v) is 2.08. The first-order valence-corrected chi connectivity index (χ1v) is 3.06. The van der Waals surface area contributed by atoms with Crippen molar-refractivity contribution in [2.24, 2.45) is 5.73 Å². The van der Waals surface area contributed by atoms with Gasteiger partial charge in [-0.3, -0.25) is 0 Å². The van der Waals surface area contributed by atoms with Crippen LogP contribution >= 0.6 is 0 Å². The molecule has 0 aromatic rings. The largest absolute Gasteiger partial charge is 0.351 e. The monoisotopic (exact) mass is 143 g/mol. The van der Waals surface area contributed by atoms with E-state index in [0.717, 1.165) is 11.3 Å². The second-order valence-electron chi connectivity index (χ2n) is 2.08.